The van der Waals surface area contributed by atoms with Crippen molar-refractivity contribution in [3.63, 3.8) is 0 Å². The molecule has 17 heavy (non-hydrogen) atoms. The standard InChI is InChI=1S/C14H20O3/c1-14(2,3)11-7-5-6-10(8-11)12(15)9-13(16)17-4/h5-8,12,15H,9H2,1-4H3/t12-/m0/s1. The molecule has 0 unspecified atom stereocenters. The summed E-state index contributed by atoms with van der Waals surface area (Å²) >= 11 is 0. The van der Waals surface area contributed by atoms with Gasteiger partial charge in [0.15, 0.2) is 0 Å². The summed E-state index contributed by atoms with van der Waals surface area (Å²) in [6, 6.07) is 7.68. The first-order chi connectivity index (χ1) is 7.84. The van der Waals surface area contributed by atoms with Crippen LogP contribution in [-0.4, -0.2) is 18.2 Å². The smallest absolute Gasteiger partial charge is 0.308 e. The van der Waals surface area contributed by atoms with Crippen molar-refractivity contribution in [2.45, 2.75) is 38.7 Å². The molecule has 0 radical (unpaired) electrons. The highest BCUT2D eigenvalue weighted by molar-refractivity contribution is 5.70. The van der Waals surface area contributed by atoms with Crippen LogP contribution in [0.3, 0.4) is 0 Å². The van der Waals surface area contributed by atoms with Crippen molar-refractivity contribution in [1.29, 1.82) is 0 Å². The first kappa shape index (κ1) is 13.7. The predicted molar refractivity (Wildman–Crippen MR) is 66.7 cm³/mol. The average molecular weight is 236 g/mol. The van der Waals surface area contributed by atoms with E-state index in [1.54, 1.807) is 0 Å². The summed E-state index contributed by atoms with van der Waals surface area (Å²) in [6.07, 6.45) is -0.811. The first-order valence-corrected chi connectivity index (χ1v) is 5.70. The zero-order chi connectivity index (χ0) is 13.1. The van der Waals surface area contributed by atoms with Gasteiger partial charge in [0, 0.05) is 0 Å². The molecule has 1 atom stereocenters. The molecular weight excluding hydrogens is 216 g/mol. The lowest BCUT2D eigenvalue weighted by atomic mass is 9.85. The van der Waals surface area contributed by atoms with Crippen LogP contribution in [-0.2, 0) is 14.9 Å². The van der Waals surface area contributed by atoms with Gasteiger partial charge in [0.1, 0.15) is 0 Å². The maximum atomic E-state index is 11.1. The summed E-state index contributed by atoms with van der Waals surface area (Å²) < 4.78 is 4.54. The summed E-state index contributed by atoms with van der Waals surface area (Å²) in [7, 11) is 1.32. The van der Waals surface area contributed by atoms with Gasteiger partial charge in [-0.2, -0.15) is 0 Å². The van der Waals surface area contributed by atoms with E-state index in [0.29, 0.717) is 0 Å². The van der Waals surface area contributed by atoms with E-state index in [-0.39, 0.29) is 11.8 Å². The van der Waals surface area contributed by atoms with Crippen molar-refractivity contribution < 1.29 is 14.6 Å². The van der Waals surface area contributed by atoms with Gasteiger partial charge in [0.25, 0.3) is 0 Å². The molecule has 1 rings (SSSR count). The van der Waals surface area contributed by atoms with Crippen LogP contribution in [0.25, 0.3) is 0 Å². The average Bonchev–Trinajstić information content (AvgIpc) is 2.28. The Morgan fingerprint density at radius 2 is 2.06 bits per heavy atom. The maximum absolute atomic E-state index is 11.1. The molecule has 0 bridgehead atoms. The Bertz CT molecular complexity index is 391. The Labute approximate surface area is 102 Å². The number of benzene rings is 1. The third-order valence-corrected chi connectivity index (χ3v) is 2.73. The highest BCUT2D eigenvalue weighted by Crippen LogP contribution is 2.26. The van der Waals surface area contributed by atoms with E-state index in [2.05, 4.69) is 25.5 Å². The molecule has 94 valence electrons. The van der Waals surface area contributed by atoms with Crippen LogP contribution in [0.15, 0.2) is 24.3 Å². The van der Waals surface area contributed by atoms with Gasteiger partial charge in [-0.25, -0.2) is 0 Å². The summed E-state index contributed by atoms with van der Waals surface area (Å²) in [6.45, 7) is 6.33. The van der Waals surface area contributed by atoms with Gasteiger partial charge in [-0.15, -0.1) is 0 Å². The number of aliphatic hydroxyl groups excluding tert-OH is 1. The molecular formula is C14H20O3. The van der Waals surface area contributed by atoms with E-state index in [1.807, 2.05) is 24.3 Å². The van der Waals surface area contributed by atoms with Crippen LogP contribution in [0.5, 0.6) is 0 Å². The second kappa shape index (κ2) is 5.32. The number of ether oxygens (including phenoxy) is 1. The minimum Gasteiger partial charge on any atom is -0.469 e. The van der Waals surface area contributed by atoms with Crippen LogP contribution >= 0.6 is 0 Å². The summed E-state index contributed by atoms with van der Waals surface area (Å²) in [5, 5.41) is 9.91. The third-order valence-electron chi connectivity index (χ3n) is 2.73. The van der Waals surface area contributed by atoms with E-state index in [1.165, 1.54) is 7.11 Å². The molecule has 1 aromatic rings. The first-order valence-electron chi connectivity index (χ1n) is 5.70. The van der Waals surface area contributed by atoms with Gasteiger partial charge in [0.2, 0.25) is 0 Å². The van der Waals surface area contributed by atoms with Crippen molar-refractivity contribution in [1.82, 2.24) is 0 Å². The quantitative estimate of drug-likeness (QED) is 0.820. The molecule has 0 spiro atoms. The molecule has 0 fully saturated rings. The van der Waals surface area contributed by atoms with Crippen molar-refractivity contribution >= 4 is 5.97 Å². The highest BCUT2D eigenvalue weighted by Gasteiger charge is 2.17. The van der Waals surface area contributed by atoms with Gasteiger partial charge in [-0.3, -0.25) is 4.79 Å². The number of hydrogen-bond acceptors (Lipinski definition) is 3. The monoisotopic (exact) mass is 236 g/mol. The van der Waals surface area contributed by atoms with Crippen molar-refractivity contribution in [2.24, 2.45) is 0 Å². The molecule has 0 saturated carbocycles. The van der Waals surface area contributed by atoms with Crippen LogP contribution in [0, 0.1) is 0 Å². The van der Waals surface area contributed by atoms with Crippen LogP contribution < -0.4 is 0 Å². The number of hydrogen-bond donors (Lipinski definition) is 1. The largest absolute Gasteiger partial charge is 0.469 e. The van der Waals surface area contributed by atoms with Crippen molar-refractivity contribution in [3.8, 4) is 0 Å². The fourth-order valence-electron chi connectivity index (χ4n) is 1.57. The molecule has 0 amide bonds. The van der Waals surface area contributed by atoms with Gasteiger partial charge in [-0.1, -0.05) is 45.0 Å². The van der Waals surface area contributed by atoms with Gasteiger partial charge >= 0.3 is 5.97 Å². The molecule has 0 saturated heterocycles. The third kappa shape index (κ3) is 3.86. The predicted octanol–water partition coefficient (Wildman–Crippen LogP) is 2.58. The topological polar surface area (TPSA) is 46.5 Å². The fourth-order valence-corrected chi connectivity index (χ4v) is 1.57. The van der Waals surface area contributed by atoms with E-state index in [0.717, 1.165) is 11.1 Å². The number of rotatable bonds is 3. The van der Waals surface area contributed by atoms with Gasteiger partial charge in [0.05, 0.1) is 19.6 Å². The normalized spacial score (nSPS) is 13.2. The molecule has 3 nitrogen and oxygen atoms in total. The molecule has 0 aliphatic heterocycles. The molecule has 0 aliphatic rings. The summed E-state index contributed by atoms with van der Waals surface area (Å²) in [4.78, 5) is 11.1. The lowest BCUT2D eigenvalue weighted by Crippen LogP contribution is -2.13. The molecule has 1 aromatic carbocycles. The molecule has 1 N–H and O–H groups in total. The summed E-state index contributed by atoms with van der Waals surface area (Å²) in [5.74, 6) is -0.404. The molecule has 0 heterocycles. The van der Waals surface area contributed by atoms with Gasteiger partial charge < -0.3 is 9.84 Å². The molecule has 0 aliphatic carbocycles. The Balaban J connectivity index is 2.88. The van der Waals surface area contributed by atoms with Crippen LogP contribution in [0.1, 0.15) is 44.4 Å². The zero-order valence-electron chi connectivity index (χ0n) is 10.9. The van der Waals surface area contributed by atoms with Crippen molar-refractivity contribution in [2.75, 3.05) is 7.11 Å². The Morgan fingerprint density at radius 1 is 1.41 bits per heavy atom. The minimum absolute atomic E-state index is 0.00983. The second-order valence-electron chi connectivity index (χ2n) is 5.17. The van der Waals surface area contributed by atoms with Crippen LogP contribution in [0.4, 0.5) is 0 Å². The Hall–Kier alpha value is -1.35. The number of methoxy groups -OCH3 is 1. The summed E-state index contributed by atoms with van der Waals surface area (Å²) in [5.41, 5.74) is 1.92. The lowest BCUT2D eigenvalue weighted by molar-refractivity contribution is -0.142. The van der Waals surface area contributed by atoms with E-state index < -0.39 is 12.1 Å². The number of carbonyl (C=O) groups is 1. The maximum Gasteiger partial charge on any atom is 0.308 e. The van der Waals surface area contributed by atoms with E-state index >= 15 is 0 Å². The highest BCUT2D eigenvalue weighted by atomic mass is 16.5. The lowest BCUT2D eigenvalue weighted by Gasteiger charge is -2.20. The second-order valence-corrected chi connectivity index (χ2v) is 5.17. The Kier molecular flexibility index (Phi) is 4.29. The molecule has 0 aromatic heterocycles. The number of carbonyl (C=O) groups excluding carboxylic acids is 1. The van der Waals surface area contributed by atoms with Gasteiger partial charge in [-0.05, 0) is 16.5 Å². The van der Waals surface area contributed by atoms with Crippen molar-refractivity contribution in [3.05, 3.63) is 35.4 Å². The fraction of sp³-hybridized carbons (Fsp3) is 0.500. The van der Waals surface area contributed by atoms with E-state index in [9.17, 15) is 9.90 Å². The number of aliphatic hydroxyl groups is 1. The van der Waals surface area contributed by atoms with E-state index in [4.69, 9.17) is 0 Å². The zero-order valence-corrected chi connectivity index (χ0v) is 10.9. The number of esters is 1. The van der Waals surface area contributed by atoms with Crippen LogP contribution in [0.2, 0.25) is 0 Å². The minimum atomic E-state index is -0.801. The SMILES string of the molecule is COC(=O)C[C@H](O)c1cccc(C(C)(C)C)c1. The molecule has 3 heteroatoms. The Morgan fingerprint density at radius 3 is 2.59 bits per heavy atom.